The van der Waals surface area contributed by atoms with Gasteiger partial charge in [0.15, 0.2) is 0 Å². The first kappa shape index (κ1) is 24.3. The molecule has 0 bridgehead atoms. The van der Waals surface area contributed by atoms with Crippen LogP contribution in [0, 0.1) is 0 Å². The molecule has 2 aliphatic heterocycles. The zero-order chi connectivity index (χ0) is 23.1. The Hall–Kier alpha value is -2.32. The van der Waals surface area contributed by atoms with Crippen molar-refractivity contribution in [3.05, 3.63) is 29.8 Å². The molecule has 2 saturated heterocycles. The summed E-state index contributed by atoms with van der Waals surface area (Å²) in [6.07, 6.45) is 0.114. The number of amides is 1. The van der Waals surface area contributed by atoms with Crippen LogP contribution in [0.2, 0.25) is 0 Å². The molecular weight excluding hydrogens is 408 g/mol. The molecule has 8 heteroatoms. The first-order valence-corrected chi connectivity index (χ1v) is 11.6. The van der Waals surface area contributed by atoms with Gasteiger partial charge in [0.2, 0.25) is 0 Å². The lowest BCUT2D eigenvalue weighted by Gasteiger charge is -2.39. The summed E-state index contributed by atoms with van der Waals surface area (Å²) < 4.78 is 10.2. The van der Waals surface area contributed by atoms with E-state index in [-0.39, 0.29) is 12.1 Å². The molecule has 0 saturated carbocycles. The summed E-state index contributed by atoms with van der Waals surface area (Å²) in [4.78, 5) is 32.8. The maximum Gasteiger partial charge on any atom is 0.410 e. The van der Waals surface area contributed by atoms with Crippen molar-refractivity contribution in [2.75, 3.05) is 77.5 Å². The van der Waals surface area contributed by atoms with Gasteiger partial charge < -0.3 is 19.3 Å². The maximum absolute atomic E-state index is 12.2. The molecule has 0 atom stereocenters. The Bertz CT molecular complexity index is 746. The van der Waals surface area contributed by atoms with E-state index in [2.05, 4.69) is 26.8 Å². The van der Waals surface area contributed by atoms with Crippen molar-refractivity contribution in [1.29, 1.82) is 0 Å². The normalized spacial score (nSPS) is 18.5. The highest BCUT2D eigenvalue weighted by molar-refractivity contribution is 5.72. The molecule has 0 N–H and O–H groups in total. The minimum absolute atomic E-state index is 0.202. The lowest BCUT2D eigenvalue weighted by atomic mass is 10.1. The third-order valence-corrected chi connectivity index (χ3v) is 6.01. The number of anilines is 1. The molecular formula is C24H38N4O4. The molecule has 1 aromatic rings. The molecule has 0 aromatic heterocycles. The topological polar surface area (TPSA) is 65.6 Å². The summed E-state index contributed by atoms with van der Waals surface area (Å²) >= 11 is 0. The first-order chi connectivity index (χ1) is 15.2. The van der Waals surface area contributed by atoms with Gasteiger partial charge in [0, 0.05) is 71.1 Å². The smallest absolute Gasteiger partial charge is 0.410 e. The van der Waals surface area contributed by atoms with E-state index < -0.39 is 5.60 Å². The molecule has 2 heterocycles. The van der Waals surface area contributed by atoms with Crippen LogP contribution in [0.1, 0.15) is 26.3 Å². The number of benzene rings is 1. The molecule has 2 aliphatic rings. The molecule has 0 spiro atoms. The quantitative estimate of drug-likeness (QED) is 0.620. The fourth-order valence-electron chi connectivity index (χ4n) is 4.06. The standard InChI is InChI=1S/C24H38N4O4/c1-24(2,3)32-23(30)28-17-13-26(14-18-28)10-9-25-11-15-27(16-12-25)21-7-5-20(6-8-21)19-22(29)31-4/h5-8H,9-19H2,1-4H3. The van der Waals surface area contributed by atoms with Gasteiger partial charge in [-0.15, -0.1) is 0 Å². The molecule has 1 amide bonds. The van der Waals surface area contributed by atoms with E-state index in [0.29, 0.717) is 6.42 Å². The Morgan fingerprint density at radius 1 is 0.844 bits per heavy atom. The number of carbonyl (C=O) groups excluding carboxylic acids is 2. The Labute approximate surface area is 192 Å². The Balaban J connectivity index is 1.34. The van der Waals surface area contributed by atoms with Gasteiger partial charge in [-0.2, -0.15) is 0 Å². The number of nitrogens with zero attached hydrogens (tertiary/aromatic N) is 4. The van der Waals surface area contributed by atoms with Crippen LogP contribution in [-0.4, -0.2) is 105 Å². The fraction of sp³-hybridized carbons (Fsp3) is 0.667. The Morgan fingerprint density at radius 2 is 1.38 bits per heavy atom. The minimum atomic E-state index is -0.443. The molecule has 0 aliphatic carbocycles. The van der Waals surface area contributed by atoms with Gasteiger partial charge in [-0.25, -0.2) is 4.79 Å². The van der Waals surface area contributed by atoms with E-state index in [1.807, 2.05) is 37.8 Å². The maximum atomic E-state index is 12.2. The Kier molecular flexibility index (Phi) is 8.37. The average molecular weight is 447 g/mol. The second-order valence-corrected chi connectivity index (χ2v) is 9.56. The predicted molar refractivity (Wildman–Crippen MR) is 125 cm³/mol. The van der Waals surface area contributed by atoms with E-state index in [4.69, 9.17) is 9.47 Å². The predicted octanol–water partition coefficient (Wildman–Crippen LogP) is 2.08. The molecule has 0 unspecified atom stereocenters. The molecule has 178 valence electrons. The van der Waals surface area contributed by atoms with Gasteiger partial charge in [-0.1, -0.05) is 12.1 Å². The van der Waals surface area contributed by atoms with Gasteiger partial charge in [-0.3, -0.25) is 14.6 Å². The van der Waals surface area contributed by atoms with Crippen LogP contribution in [0.3, 0.4) is 0 Å². The van der Waals surface area contributed by atoms with Gasteiger partial charge in [0.05, 0.1) is 13.5 Å². The summed E-state index contributed by atoms with van der Waals surface area (Å²) in [5.41, 5.74) is 1.74. The molecule has 0 radical (unpaired) electrons. The summed E-state index contributed by atoms with van der Waals surface area (Å²) in [5, 5.41) is 0. The summed E-state index contributed by atoms with van der Waals surface area (Å²) in [5.74, 6) is -0.211. The fourth-order valence-corrected chi connectivity index (χ4v) is 4.06. The third kappa shape index (κ3) is 7.38. The van der Waals surface area contributed by atoms with Crippen molar-refractivity contribution >= 4 is 17.7 Å². The second kappa shape index (κ2) is 11.0. The number of hydrogen-bond acceptors (Lipinski definition) is 7. The second-order valence-electron chi connectivity index (χ2n) is 9.56. The number of hydrogen-bond donors (Lipinski definition) is 0. The van der Waals surface area contributed by atoms with Gasteiger partial charge in [0.1, 0.15) is 5.60 Å². The van der Waals surface area contributed by atoms with Crippen LogP contribution in [0.25, 0.3) is 0 Å². The number of ether oxygens (including phenoxy) is 2. The van der Waals surface area contributed by atoms with Crippen LogP contribution >= 0.6 is 0 Å². The van der Waals surface area contributed by atoms with E-state index in [9.17, 15) is 9.59 Å². The van der Waals surface area contributed by atoms with Gasteiger partial charge in [-0.05, 0) is 38.5 Å². The van der Waals surface area contributed by atoms with E-state index in [1.54, 1.807) is 0 Å². The number of rotatable bonds is 6. The third-order valence-electron chi connectivity index (χ3n) is 6.01. The highest BCUT2D eigenvalue weighted by atomic mass is 16.6. The van der Waals surface area contributed by atoms with Crippen molar-refractivity contribution in [1.82, 2.24) is 14.7 Å². The van der Waals surface area contributed by atoms with E-state index in [0.717, 1.165) is 71.0 Å². The number of piperazine rings is 2. The highest BCUT2D eigenvalue weighted by Gasteiger charge is 2.26. The monoisotopic (exact) mass is 446 g/mol. The van der Waals surface area contributed by atoms with E-state index >= 15 is 0 Å². The van der Waals surface area contributed by atoms with Gasteiger partial charge >= 0.3 is 12.1 Å². The van der Waals surface area contributed by atoms with Crippen molar-refractivity contribution in [3.8, 4) is 0 Å². The highest BCUT2D eigenvalue weighted by Crippen LogP contribution is 2.18. The van der Waals surface area contributed by atoms with Crippen LogP contribution in [0.4, 0.5) is 10.5 Å². The molecule has 2 fully saturated rings. The summed E-state index contributed by atoms with van der Waals surface area (Å²) in [7, 11) is 1.42. The lowest BCUT2D eigenvalue weighted by molar-refractivity contribution is -0.139. The van der Waals surface area contributed by atoms with E-state index in [1.165, 1.54) is 12.8 Å². The van der Waals surface area contributed by atoms with Crippen LogP contribution in [0.5, 0.6) is 0 Å². The number of carbonyl (C=O) groups is 2. The molecule has 32 heavy (non-hydrogen) atoms. The SMILES string of the molecule is COC(=O)Cc1ccc(N2CCN(CCN3CCN(C(=O)OC(C)(C)C)CC3)CC2)cc1. The minimum Gasteiger partial charge on any atom is -0.469 e. The Morgan fingerprint density at radius 3 is 1.88 bits per heavy atom. The van der Waals surface area contributed by atoms with Gasteiger partial charge in [0.25, 0.3) is 0 Å². The number of esters is 1. The molecule has 3 rings (SSSR count). The summed E-state index contributed by atoms with van der Waals surface area (Å²) in [6.45, 7) is 15.2. The largest absolute Gasteiger partial charge is 0.469 e. The number of methoxy groups -OCH3 is 1. The zero-order valence-corrected chi connectivity index (χ0v) is 20.0. The van der Waals surface area contributed by atoms with Crippen LogP contribution in [0.15, 0.2) is 24.3 Å². The van der Waals surface area contributed by atoms with Crippen molar-refractivity contribution in [3.63, 3.8) is 0 Å². The first-order valence-electron chi connectivity index (χ1n) is 11.6. The van der Waals surface area contributed by atoms with Crippen molar-refractivity contribution in [2.24, 2.45) is 0 Å². The molecule has 1 aromatic carbocycles. The zero-order valence-electron chi connectivity index (χ0n) is 20.0. The van der Waals surface area contributed by atoms with Crippen molar-refractivity contribution < 1.29 is 19.1 Å². The lowest BCUT2D eigenvalue weighted by Crippen LogP contribution is -2.53. The summed E-state index contributed by atoms with van der Waals surface area (Å²) in [6, 6.07) is 8.21. The van der Waals surface area contributed by atoms with Crippen molar-refractivity contribution in [2.45, 2.75) is 32.8 Å². The van der Waals surface area contributed by atoms with Crippen LogP contribution in [-0.2, 0) is 20.7 Å². The van der Waals surface area contributed by atoms with Crippen LogP contribution < -0.4 is 4.90 Å². The average Bonchev–Trinajstić information content (AvgIpc) is 2.78. The molecule has 8 nitrogen and oxygen atoms in total.